The molecule has 0 saturated carbocycles. The minimum atomic E-state index is -0.232. The number of hydrogen-bond acceptors (Lipinski definition) is 1. The first-order valence-corrected chi connectivity index (χ1v) is 8.58. The van der Waals surface area contributed by atoms with Crippen LogP contribution in [0.2, 0.25) is 0 Å². The third-order valence-corrected chi connectivity index (χ3v) is 4.77. The van der Waals surface area contributed by atoms with Crippen LogP contribution in [0.5, 0.6) is 0 Å². The first-order valence-electron chi connectivity index (χ1n) is 8.58. The van der Waals surface area contributed by atoms with E-state index in [1.807, 2.05) is 0 Å². The summed E-state index contributed by atoms with van der Waals surface area (Å²) in [5.41, 5.74) is 2.56. The minimum absolute atomic E-state index is 0.232. The van der Waals surface area contributed by atoms with Gasteiger partial charge in [0.25, 0.3) is 0 Å². The maximum absolute atomic E-state index is 10.6. The van der Waals surface area contributed by atoms with E-state index in [1.165, 1.54) is 68.9 Å². The normalized spacial score (nSPS) is 22.3. The number of hydrogen-bond donors (Lipinski definition) is 1. The molecule has 1 aromatic rings. The molecule has 1 aliphatic rings. The predicted molar refractivity (Wildman–Crippen MR) is 85.8 cm³/mol. The molecule has 1 N–H and O–H groups in total. The molecule has 0 aromatic heterocycles. The molecule has 0 aliphatic heterocycles. The molecule has 2 rings (SSSR count). The van der Waals surface area contributed by atoms with Gasteiger partial charge in [-0.05, 0) is 42.7 Å². The van der Waals surface area contributed by atoms with Crippen LogP contribution in [0, 0.1) is 5.92 Å². The second-order valence-corrected chi connectivity index (χ2v) is 6.35. The van der Waals surface area contributed by atoms with Gasteiger partial charge in [-0.25, -0.2) is 0 Å². The van der Waals surface area contributed by atoms with Crippen LogP contribution in [0.25, 0.3) is 0 Å². The average molecular weight is 274 g/mol. The van der Waals surface area contributed by atoms with Crippen molar-refractivity contribution < 1.29 is 5.11 Å². The molecule has 0 heterocycles. The molecule has 2 unspecified atom stereocenters. The Balaban J connectivity index is 1.80. The summed E-state index contributed by atoms with van der Waals surface area (Å²) >= 11 is 0. The van der Waals surface area contributed by atoms with E-state index in [2.05, 4.69) is 31.2 Å². The van der Waals surface area contributed by atoms with Crippen molar-refractivity contribution in [2.45, 2.75) is 77.2 Å². The van der Waals surface area contributed by atoms with Crippen molar-refractivity contribution in [3.63, 3.8) is 0 Å². The summed E-state index contributed by atoms with van der Waals surface area (Å²) in [6.45, 7) is 2.26. The van der Waals surface area contributed by atoms with Gasteiger partial charge in [0.1, 0.15) is 0 Å². The van der Waals surface area contributed by atoms with Gasteiger partial charge in [0.2, 0.25) is 0 Å². The zero-order valence-corrected chi connectivity index (χ0v) is 13.0. The van der Waals surface area contributed by atoms with E-state index in [0.717, 1.165) is 6.42 Å². The van der Waals surface area contributed by atoms with Crippen LogP contribution in [0.15, 0.2) is 24.3 Å². The molecule has 0 spiro atoms. The molecule has 112 valence electrons. The van der Waals surface area contributed by atoms with Crippen LogP contribution in [-0.2, 0) is 6.42 Å². The fourth-order valence-electron chi connectivity index (χ4n) is 3.51. The zero-order chi connectivity index (χ0) is 14.2. The summed E-state index contributed by atoms with van der Waals surface area (Å²) in [4.78, 5) is 0. The molecule has 0 radical (unpaired) electrons. The highest BCUT2D eigenvalue weighted by atomic mass is 16.3. The Hall–Kier alpha value is -0.820. The van der Waals surface area contributed by atoms with Gasteiger partial charge >= 0.3 is 0 Å². The van der Waals surface area contributed by atoms with Gasteiger partial charge in [0, 0.05) is 0 Å². The Bertz CT molecular complexity index is 385. The molecule has 0 fully saturated rings. The van der Waals surface area contributed by atoms with Crippen molar-refractivity contribution in [1.82, 2.24) is 0 Å². The van der Waals surface area contributed by atoms with Gasteiger partial charge < -0.3 is 5.11 Å². The van der Waals surface area contributed by atoms with E-state index in [0.29, 0.717) is 5.92 Å². The molecule has 1 aliphatic carbocycles. The second kappa shape index (κ2) is 8.46. The number of aliphatic hydroxyl groups is 1. The SMILES string of the molecule is CCCCCCCCC1CCCc2ccccc2C1O. The monoisotopic (exact) mass is 274 g/mol. The Morgan fingerprint density at radius 1 is 1.05 bits per heavy atom. The molecule has 1 nitrogen and oxygen atoms in total. The van der Waals surface area contributed by atoms with E-state index >= 15 is 0 Å². The van der Waals surface area contributed by atoms with Gasteiger partial charge in [-0.3, -0.25) is 0 Å². The van der Waals surface area contributed by atoms with Gasteiger partial charge in [0.05, 0.1) is 6.10 Å². The maximum atomic E-state index is 10.6. The first-order chi connectivity index (χ1) is 9.83. The zero-order valence-electron chi connectivity index (χ0n) is 13.0. The number of fused-ring (bicyclic) bond motifs is 1. The molecular formula is C19H30O. The fraction of sp³-hybridized carbons (Fsp3) is 0.684. The van der Waals surface area contributed by atoms with E-state index in [-0.39, 0.29) is 6.10 Å². The van der Waals surface area contributed by atoms with E-state index in [9.17, 15) is 5.11 Å². The van der Waals surface area contributed by atoms with E-state index in [1.54, 1.807) is 0 Å². The van der Waals surface area contributed by atoms with Crippen LogP contribution in [0.3, 0.4) is 0 Å². The highest BCUT2D eigenvalue weighted by Crippen LogP contribution is 2.35. The van der Waals surface area contributed by atoms with Crippen LogP contribution in [-0.4, -0.2) is 5.11 Å². The second-order valence-electron chi connectivity index (χ2n) is 6.35. The summed E-state index contributed by atoms with van der Waals surface area (Å²) < 4.78 is 0. The number of unbranched alkanes of at least 4 members (excludes halogenated alkanes) is 5. The molecule has 2 atom stereocenters. The average Bonchev–Trinajstić information content (AvgIpc) is 2.63. The van der Waals surface area contributed by atoms with Gasteiger partial charge in [-0.2, -0.15) is 0 Å². The lowest BCUT2D eigenvalue weighted by Crippen LogP contribution is -2.12. The fourth-order valence-corrected chi connectivity index (χ4v) is 3.51. The lowest BCUT2D eigenvalue weighted by atomic mass is 9.88. The maximum Gasteiger partial charge on any atom is 0.0820 e. The van der Waals surface area contributed by atoms with Gasteiger partial charge in [-0.1, -0.05) is 69.7 Å². The summed E-state index contributed by atoms with van der Waals surface area (Å²) in [6.07, 6.45) is 12.6. The quantitative estimate of drug-likeness (QED) is 0.519. The Morgan fingerprint density at radius 3 is 2.65 bits per heavy atom. The topological polar surface area (TPSA) is 20.2 Å². The molecule has 0 bridgehead atoms. The highest BCUT2D eigenvalue weighted by Gasteiger charge is 2.25. The number of benzene rings is 1. The van der Waals surface area contributed by atoms with Crippen molar-refractivity contribution in [2.24, 2.45) is 5.92 Å². The van der Waals surface area contributed by atoms with Crippen molar-refractivity contribution in [3.05, 3.63) is 35.4 Å². The lowest BCUT2D eigenvalue weighted by Gasteiger charge is -2.21. The van der Waals surface area contributed by atoms with E-state index in [4.69, 9.17) is 0 Å². The molecule has 0 saturated heterocycles. The molecule has 1 aromatic carbocycles. The minimum Gasteiger partial charge on any atom is -0.388 e. The number of rotatable bonds is 7. The summed E-state index contributed by atoms with van der Waals surface area (Å²) in [7, 11) is 0. The van der Waals surface area contributed by atoms with Crippen molar-refractivity contribution in [3.8, 4) is 0 Å². The largest absolute Gasteiger partial charge is 0.388 e. The number of aliphatic hydroxyl groups excluding tert-OH is 1. The standard InChI is InChI=1S/C19H30O/c1-2-3-4-5-6-7-12-17-14-10-13-16-11-8-9-15-18(16)19(17)20/h8-9,11,15,17,19-20H,2-7,10,12-14H2,1H3. The van der Waals surface area contributed by atoms with Crippen LogP contribution >= 0.6 is 0 Å². The summed E-state index contributed by atoms with van der Waals surface area (Å²) in [5.74, 6) is 0.477. The predicted octanol–water partition coefficient (Wildman–Crippen LogP) is 5.42. The third-order valence-electron chi connectivity index (χ3n) is 4.77. The van der Waals surface area contributed by atoms with Crippen LogP contribution in [0.4, 0.5) is 0 Å². The molecule has 20 heavy (non-hydrogen) atoms. The van der Waals surface area contributed by atoms with Crippen LogP contribution < -0.4 is 0 Å². The molecular weight excluding hydrogens is 244 g/mol. The third kappa shape index (κ3) is 4.34. The van der Waals surface area contributed by atoms with Crippen molar-refractivity contribution >= 4 is 0 Å². The Kier molecular flexibility index (Phi) is 6.59. The lowest BCUT2D eigenvalue weighted by molar-refractivity contribution is 0.0979. The highest BCUT2D eigenvalue weighted by molar-refractivity contribution is 5.30. The summed E-state index contributed by atoms with van der Waals surface area (Å²) in [6, 6.07) is 8.47. The van der Waals surface area contributed by atoms with Crippen molar-refractivity contribution in [1.29, 1.82) is 0 Å². The van der Waals surface area contributed by atoms with Gasteiger partial charge in [-0.15, -0.1) is 0 Å². The molecule has 1 heteroatoms. The van der Waals surface area contributed by atoms with E-state index < -0.39 is 0 Å². The van der Waals surface area contributed by atoms with Crippen molar-refractivity contribution in [2.75, 3.05) is 0 Å². The van der Waals surface area contributed by atoms with Crippen LogP contribution in [0.1, 0.15) is 81.9 Å². The van der Waals surface area contributed by atoms with Gasteiger partial charge in [0.15, 0.2) is 0 Å². The first kappa shape index (κ1) is 15.6. The Morgan fingerprint density at radius 2 is 1.80 bits per heavy atom. The number of aryl methyl sites for hydroxylation is 1. The summed E-state index contributed by atoms with van der Waals surface area (Å²) in [5, 5.41) is 10.6. The molecule has 0 amide bonds. The smallest absolute Gasteiger partial charge is 0.0820 e. The Labute approximate surface area is 124 Å².